The van der Waals surface area contributed by atoms with Gasteiger partial charge in [0.15, 0.2) is 5.82 Å². The highest BCUT2D eigenvalue weighted by Gasteiger charge is 2.29. The maximum Gasteiger partial charge on any atom is 0.303 e. The number of fused-ring (bicyclic) bond motifs is 1. The Labute approximate surface area is 192 Å². The zero-order chi connectivity index (χ0) is 22.9. The van der Waals surface area contributed by atoms with E-state index in [2.05, 4.69) is 30.8 Å². The Kier molecular flexibility index (Phi) is 6.26. The number of benzene rings is 1. The van der Waals surface area contributed by atoms with Crippen LogP contribution < -0.4 is 15.0 Å². The number of rotatable bonds is 6. The van der Waals surface area contributed by atoms with Gasteiger partial charge in [-0.1, -0.05) is 6.07 Å². The van der Waals surface area contributed by atoms with Crippen molar-refractivity contribution < 1.29 is 17.5 Å². The largest absolute Gasteiger partial charge is 0.492 e. The summed E-state index contributed by atoms with van der Waals surface area (Å²) in [6, 6.07) is 8.70. The summed E-state index contributed by atoms with van der Waals surface area (Å²) >= 11 is 3.14. The van der Waals surface area contributed by atoms with Crippen molar-refractivity contribution >= 4 is 32.0 Å². The van der Waals surface area contributed by atoms with E-state index in [1.165, 1.54) is 39.3 Å². The maximum absolute atomic E-state index is 14.3. The molecule has 168 valence electrons. The predicted molar refractivity (Wildman–Crippen MR) is 120 cm³/mol. The fourth-order valence-electron chi connectivity index (χ4n) is 3.52. The van der Waals surface area contributed by atoms with Gasteiger partial charge in [0.1, 0.15) is 11.6 Å². The molecular weight excluding hydrogens is 505 g/mol. The van der Waals surface area contributed by atoms with E-state index < -0.39 is 16.0 Å². The van der Waals surface area contributed by atoms with Crippen LogP contribution in [0.3, 0.4) is 0 Å². The molecule has 0 aliphatic carbocycles. The molecule has 9 nitrogen and oxygen atoms in total. The molecule has 32 heavy (non-hydrogen) atoms. The summed E-state index contributed by atoms with van der Waals surface area (Å²) in [6.45, 7) is 2.27. The average Bonchev–Trinajstić information content (AvgIpc) is 2.76. The zero-order valence-corrected chi connectivity index (χ0v) is 19.4. The van der Waals surface area contributed by atoms with E-state index in [4.69, 9.17) is 4.74 Å². The Morgan fingerprint density at radius 3 is 2.81 bits per heavy atom. The Hall–Kier alpha value is -2.83. The third kappa shape index (κ3) is 4.38. The number of nitrogens with zero attached hydrogens (tertiary/aromatic N) is 4. The number of halogens is 2. The normalized spacial score (nSPS) is 14.1. The first-order valence-electron chi connectivity index (χ1n) is 9.71. The van der Waals surface area contributed by atoms with E-state index in [1.54, 1.807) is 19.1 Å². The molecule has 0 saturated heterocycles. The SMILES string of the molecule is CCOc1cc(Br)c(F)cc1-n1c2c(ccc1=O)CN(S(=O)(=O)Nc1cccnn1)CC2. The molecule has 0 atom stereocenters. The third-order valence-electron chi connectivity index (χ3n) is 4.92. The van der Waals surface area contributed by atoms with Gasteiger partial charge in [-0.25, -0.2) is 4.39 Å². The molecule has 0 unspecified atom stereocenters. The lowest BCUT2D eigenvalue weighted by molar-refractivity contribution is 0.337. The minimum Gasteiger partial charge on any atom is -0.492 e. The van der Waals surface area contributed by atoms with Crippen LogP contribution in [-0.2, 0) is 23.2 Å². The Balaban J connectivity index is 1.72. The summed E-state index contributed by atoms with van der Waals surface area (Å²) < 4.78 is 50.9. The first-order valence-corrected chi connectivity index (χ1v) is 11.9. The van der Waals surface area contributed by atoms with Crippen molar-refractivity contribution in [1.29, 1.82) is 0 Å². The zero-order valence-electron chi connectivity index (χ0n) is 17.0. The molecule has 0 amide bonds. The van der Waals surface area contributed by atoms with E-state index >= 15 is 0 Å². The van der Waals surface area contributed by atoms with Crippen LogP contribution in [0.4, 0.5) is 10.2 Å². The van der Waals surface area contributed by atoms with Crippen LogP contribution in [0.15, 0.2) is 51.9 Å². The van der Waals surface area contributed by atoms with Crippen molar-refractivity contribution in [3.63, 3.8) is 0 Å². The number of anilines is 1. The van der Waals surface area contributed by atoms with Gasteiger partial charge in [0.05, 0.1) is 16.8 Å². The first kappa shape index (κ1) is 22.4. The summed E-state index contributed by atoms with van der Waals surface area (Å²) in [6.07, 6.45) is 1.69. The molecule has 1 aliphatic heterocycles. The molecule has 0 fully saturated rings. The molecular formula is C20H19BrFN5O4S. The summed E-state index contributed by atoms with van der Waals surface area (Å²) in [7, 11) is -3.89. The van der Waals surface area contributed by atoms with E-state index in [9.17, 15) is 17.6 Å². The summed E-state index contributed by atoms with van der Waals surface area (Å²) in [5, 5.41) is 7.41. The molecule has 1 aliphatic rings. The minimum atomic E-state index is -3.89. The Morgan fingerprint density at radius 1 is 1.28 bits per heavy atom. The molecule has 12 heteroatoms. The second-order valence-corrected chi connectivity index (χ2v) is 9.47. The van der Waals surface area contributed by atoms with Gasteiger partial charge in [-0.05, 0) is 46.6 Å². The van der Waals surface area contributed by atoms with Gasteiger partial charge in [0, 0.05) is 43.5 Å². The molecule has 3 aromatic rings. The van der Waals surface area contributed by atoms with E-state index in [0.717, 1.165) is 0 Å². The fourth-order valence-corrected chi connectivity index (χ4v) is 4.99. The second-order valence-electron chi connectivity index (χ2n) is 6.95. The van der Waals surface area contributed by atoms with Crippen LogP contribution in [0.2, 0.25) is 0 Å². The van der Waals surface area contributed by atoms with Gasteiger partial charge in [-0.2, -0.15) is 17.8 Å². The minimum absolute atomic E-state index is 0.0359. The van der Waals surface area contributed by atoms with Gasteiger partial charge in [-0.3, -0.25) is 14.1 Å². The lowest BCUT2D eigenvalue weighted by atomic mass is 10.1. The molecule has 2 aromatic heterocycles. The Morgan fingerprint density at radius 2 is 2.09 bits per heavy atom. The lowest BCUT2D eigenvalue weighted by Gasteiger charge is -2.30. The first-order chi connectivity index (χ1) is 15.3. The van der Waals surface area contributed by atoms with Crippen LogP contribution in [0.5, 0.6) is 5.75 Å². The van der Waals surface area contributed by atoms with Crippen LogP contribution >= 0.6 is 15.9 Å². The molecule has 1 aromatic carbocycles. The monoisotopic (exact) mass is 523 g/mol. The molecule has 0 bridgehead atoms. The number of pyridine rings is 1. The summed E-state index contributed by atoms with van der Waals surface area (Å²) in [5.41, 5.74) is 1.14. The highest BCUT2D eigenvalue weighted by Crippen LogP contribution is 2.31. The second kappa shape index (κ2) is 8.96. The molecule has 4 rings (SSSR count). The number of nitrogens with one attached hydrogen (secondary N) is 1. The van der Waals surface area contributed by atoms with Crippen LogP contribution in [-0.4, -0.2) is 40.6 Å². The fraction of sp³-hybridized carbons (Fsp3) is 0.250. The number of ether oxygens (including phenoxy) is 1. The molecule has 0 spiro atoms. The quantitative estimate of drug-likeness (QED) is 0.532. The maximum atomic E-state index is 14.3. The molecule has 1 N–H and O–H groups in total. The van der Waals surface area contributed by atoms with Crippen molar-refractivity contribution in [3.8, 4) is 11.4 Å². The van der Waals surface area contributed by atoms with Crippen LogP contribution in [0, 0.1) is 5.82 Å². The number of hydrogen-bond donors (Lipinski definition) is 1. The molecule has 0 radical (unpaired) electrons. The van der Waals surface area contributed by atoms with Gasteiger partial charge < -0.3 is 4.74 Å². The lowest BCUT2D eigenvalue weighted by Crippen LogP contribution is -2.41. The van der Waals surface area contributed by atoms with Crippen LogP contribution in [0.1, 0.15) is 18.2 Å². The summed E-state index contributed by atoms with van der Waals surface area (Å²) in [4.78, 5) is 12.8. The van der Waals surface area contributed by atoms with E-state index in [0.29, 0.717) is 23.6 Å². The standard InChI is InChI=1S/C20H19BrFN5O4S/c1-2-31-18-10-14(21)15(22)11-17(18)27-16-7-9-26(12-13(16)5-6-20(27)28)32(29,30)25-19-4-3-8-23-24-19/h3-6,8,10-11H,2,7,9,12H2,1H3,(H,24,25). The van der Waals surface area contributed by atoms with Crippen molar-refractivity contribution in [3.05, 3.63) is 74.5 Å². The predicted octanol–water partition coefficient (Wildman–Crippen LogP) is 2.64. The van der Waals surface area contributed by atoms with Crippen molar-refractivity contribution in [1.82, 2.24) is 19.1 Å². The number of aromatic nitrogens is 3. The van der Waals surface area contributed by atoms with E-state index in [1.807, 2.05) is 0 Å². The summed E-state index contributed by atoms with van der Waals surface area (Å²) in [5.74, 6) is -0.0910. The van der Waals surface area contributed by atoms with Gasteiger partial charge in [0.25, 0.3) is 5.56 Å². The van der Waals surface area contributed by atoms with Crippen molar-refractivity contribution in [2.24, 2.45) is 0 Å². The highest BCUT2D eigenvalue weighted by molar-refractivity contribution is 9.10. The Bertz CT molecular complexity index is 1320. The van der Waals surface area contributed by atoms with E-state index in [-0.39, 0.29) is 41.0 Å². The third-order valence-corrected chi connectivity index (χ3v) is 6.99. The number of hydrogen-bond acceptors (Lipinski definition) is 6. The van der Waals surface area contributed by atoms with Gasteiger partial charge >= 0.3 is 10.2 Å². The van der Waals surface area contributed by atoms with Gasteiger partial charge in [0.2, 0.25) is 0 Å². The molecule has 3 heterocycles. The smallest absolute Gasteiger partial charge is 0.303 e. The van der Waals surface area contributed by atoms with Crippen molar-refractivity contribution in [2.75, 3.05) is 17.9 Å². The average molecular weight is 524 g/mol. The topological polar surface area (TPSA) is 106 Å². The molecule has 0 saturated carbocycles. The van der Waals surface area contributed by atoms with Gasteiger partial charge in [-0.15, -0.1) is 5.10 Å². The highest BCUT2D eigenvalue weighted by atomic mass is 79.9. The van der Waals surface area contributed by atoms with Crippen molar-refractivity contribution in [2.45, 2.75) is 19.9 Å². The van der Waals surface area contributed by atoms with Crippen LogP contribution in [0.25, 0.3) is 5.69 Å².